The molecule has 280 valence electrons. The smallest absolute Gasteiger partial charge is 0.252 e. The average Bonchev–Trinajstić information content (AvgIpc) is 4.02. The minimum atomic E-state index is -1.62. The van der Waals surface area contributed by atoms with Crippen LogP contribution in [0.4, 0.5) is 5.69 Å². The zero-order valence-corrected chi connectivity index (χ0v) is 31.0. The SMILES string of the molecule is CCC(O)(CC)C(=O)NC1Cc2ccc3c(c2)C24c5cccc(c5NC2O3)-c2ccc(OC)c3[nH]cc(c23)-c2cnc(o2)-c2nc(oc24)[C@H](C(C)C)NC1=O. The summed E-state index contributed by atoms with van der Waals surface area (Å²) in [5.41, 5.74) is 4.55. The lowest BCUT2D eigenvalue weighted by Gasteiger charge is -2.30. The Morgan fingerprint density at radius 2 is 1.91 bits per heavy atom. The summed E-state index contributed by atoms with van der Waals surface area (Å²) in [5, 5.41) is 21.8. The fourth-order valence-corrected chi connectivity index (χ4v) is 8.93. The molecule has 55 heavy (non-hydrogen) atoms. The molecule has 13 heteroatoms. The topological polar surface area (TPSA) is 177 Å². The third kappa shape index (κ3) is 4.50. The van der Waals surface area contributed by atoms with E-state index in [9.17, 15) is 14.7 Å². The molecule has 2 amide bonds. The van der Waals surface area contributed by atoms with Crippen molar-refractivity contribution in [3.63, 3.8) is 0 Å². The summed E-state index contributed by atoms with van der Waals surface area (Å²) in [6.45, 7) is 7.43. The second-order valence-corrected chi connectivity index (χ2v) is 15.2. The van der Waals surface area contributed by atoms with Crippen molar-refractivity contribution in [3.05, 3.63) is 89.3 Å². The Kier molecular flexibility index (Phi) is 7.13. The Morgan fingerprint density at radius 1 is 1.07 bits per heavy atom. The number of anilines is 1. The molecule has 4 aliphatic rings. The van der Waals surface area contributed by atoms with Gasteiger partial charge in [0.15, 0.2) is 23.4 Å². The maximum atomic E-state index is 14.3. The highest BCUT2D eigenvalue weighted by Gasteiger charge is 2.61. The number of para-hydroxylation sites is 1. The predicted octanol–water partition coefficient (Wildman–Crippen LogP) is 6.35. The van der Waals surface area contributed by atoms with E-state index in [-0.39, 0.29) is 37.0 Å². The van der Waals surface area contributed by atoms with E-state index in [0.717, 1.165) is 50.0 Å². The summed E-state index contributed by atoms with van der Waals surface area (Å²) in [6, 6.07) is 14.3. The lowest BCUT2D eigenvalue weighted by molar-refractivity contribution is -0.143. The van der Waals surface area contributed by atoms with Crippen molar-refractivity contribution in [3.8, 4) is 45.5 Å². The van der Waals surface area contributed by atoms with Gasteiger partial charge in [-0.05, 0) is 48.1 Å². The second kappa shape index (κ2) is 11.7. The minimum Gasteiger partial charge on any atom is -0.495 e. The van der Waals surface area contributed by atoms with Gasteiger partial charge in [-0.25, -0.2) is 9.97 Å². The molecule has 0 saturated heterocycles. The van der Waals surface area contributed by atoms with Gasteiger partial charge in [-0.3, -0.25) is 9.59 Å². The number of nitrogens with zero attached hydrogens (tertiary/aromatic N) is 2. The summed E-state index contributed by atoms with van der Waals surface area (Å²) >= 11 is 0. The maximum Gasteiger partial charge on any atom is 0.252 e. The highest BCUT2D eigenvalue weighted by Crippen LogP contribution is 2.61. The molecule has 3 aromatic heterocycles. The number of hydrogen-bond acceptors (Lipinski definition) is 10. The molecule has 0 aliphatic carbocycles. The average molecular weight is 741 g/mol. The van der Waals surface area contributed by atoms with E-state index in [1.54, 1.807) is 27.2 Å². The molecular weight excluding hydrogens is 700 g/mol. The third-order valence-electron chi connectivity index (χ3n) is 12.0. The summed E-state index contributed by atoms with van der Waals surface area (Å²) in [4.78, 5) is 41.2. The first kappa shape index (κ1) is 33.5. The third-order valence-corrected chi connectivity index (χ3v) is 12.0. The van der Waals surface area contributed by atoms with E-state index in [0.29, 0.717) is 28.7 Å². The molecule has 0 fully saturated rings. The van der Waals surface area contributed by atoms with Crippen LogP contribution in [0.3, 0.4) is 0 Å². The molecule has 4 atom stereocenters. The number of aromatic amines is 1. The predicted molar refractivity (Wildman–Crippen MR) is 203 cm³/mol. The number of aliphatic hydroxyl groups is 1. The normalized spacial score (nSPS) is 21.6. The van der Waals surface area contributed by atoms with Gasteiger partial charge in [0.2, 0.25) is 17.7 Å². The lowest BCUT2D eigenvalue weighted by atomic mass is 9.72. The number of aromatic nitrogens is 3. The van der Waals surface area contributed by atoms with Crippen LogP contribution in [0.2, 0.25) is 0 Å². The number of hydrogen-bond donors (Lipinski definition) is 5. The first-order valence-electron chi connectivity index (χ1n) is 18.8. The Hall–Kier alpha value is -6.08. The number of benzene rings is 3. The van der Waals surface area contributed by atoms with E-state index < -0.39 is 41.1 Å². The first-order valence-corrected chi connectivity index (χ1v) is 18.8. The van der Waals surface area contributed by atoms with Crippen LogP contribution < -0.4 is 25.4 Å². The molecular formula is C42H40N6O7. The standard InChI is InChI=1S/C42H40N6O7/c1-6-41(51,7-2)39(50)45-26-16-20-11-13-27-25(15-20)42-24-10-8-9-22(32(24)48-40(42)54-27)21-12-14-28(52-5)33-30(21)23(17-43-33)29-18-44-37(53-29)34-35(42)55-38(47-34)31(19(3)4)46-36(26)49/h8-15,17-19,26,31,40,43,48,51H,6-7,16H2,1-5H3,(H,45,50)(H,46,49)/t26?,31-,40?,42?/m0/s1. The summed E-state index contributed by atoms with van der Waals surface area (Å²) in [7, 11) is 1.65. The van der Waals surface area contributed by atoms with E-state index in [1.165, 1.54) is 0 Å². The fraction of sp³-hybridized carbons (Fsp3) is 0.333. The number of oxazole rings is 2. The van der Waals surface area contributed by atoms with E-state index >= 15 is 0 Å². The van der Waals surface area contributed by atoms with E-state index in [4.69, 9.17) is 28.3 Å². The van der Waals surface area contributed by atoms with Gasteiger partial charge in [0.25, 0.3) is 5.91 Å². The maximum absolute atomic E-state index is 14.3. The van der Waals surface area contributed by atoms with Crippen LogP contribution in [0.15, 0.2) is 69.8 Å². The van der Waals surface area contributed by atoms with Crippen molar-refractivity contribution in [1.82, 2.24) is 25.6 Å². The molecule has 3 aromatic carbocycles. The van der Waals surface area contributed by atoms with Gasteiger partial charge >= 0.3 is 0 Å². The Labute approximate surface area is 315 Å². The molecule has 1 spiro atoms. The molecule has 10 bridgehead atoms. The number of nitrogens with one attached hydrogen (secondary N) is 4. The number of amides is 2. The van der Waals surface area contributed by atoms with Gasteiger partial charge in [-0.2, -0.15) is 0 Å². The first-order chi connectivity index (χ1) is 26.6. The molecule has 3 unspecified atom stereocenters. The van der Waals surface area contributed by atoms with Crippen molar-refractivity contribution in [1.29, 1.82) is 0 Å². The Balaban J connectivity index is 1.27. The molecule has 0 saturated carbocycles. The van der Waals surface area contributed by atoms with Crippen LogP contribution in [-0.2, 0) is 21.4 Å². The van der Waals surface area contributed by atoms with E-state index in [2.05, 4.69) is 39.1 Å². The van der Waals surface area contributed by atoms with Crippen LogP contribution in [0, 0.1) is 5.92 Å². The zero-order valence-electron chi connectivity index (χ0n) is 31.0. The van der Waals surface area contributed by atoms with Crippen molar-refractivity contribution < 1.29 is 33.0 Å². The van der Waals surface area contributed by atoms with Crippen LogP contribution in [0.1, 0.15) is 74.9 Å². The van der Waals surface area contributed by atoms with Gasteiger partial charge in [-0.15, -0.1) is 0 Å². The van der Waals surface area contributed by atoms with Crippen LogP contribution in [0.5, 0.6) is 11.5 Å². The highest BCUT2D eigenvalue weighted by atomic mass is 16.5. The quantitative estimate of drug-likeness (QED) is 0.129. The Bertz CT molecular complexity index is 2580. The van der Waals surface area contributed by atoms with E-state index in [1.807, 2.05) is 50.4 Å². The number of methoxy groups -OCH3 is 1. The molecule has 7 heterocycles. The van der Waals surface area contributed by atoms with Crippen molar-refractivity contribution in [2.24, 2.45) is 5.92 Å². The second-order valence-electron chi connectivity index (χ2n) is 15.2. The number of rotatable bonds is 6. The van der Waals surface area contributed by atoms with Crippen molar-refractivity contribution >= 4 is 28.4 Å². The monoisotopic (exact) mass is 740 g/mol. The van der Waals surface area contributed by atoms with Crippen LogP contribution in [0.25, 0.3) is 44.9 Å². The molecule has 5 N–H and O–H groups in total. The summed E-state index contributed by atoms with van der Waals surface area (Å²) in [5.74, 6) is 1.60. The number of carbonyl (C=O) groups is 2. The fourth-order valence-electron chi connectivity index (χ4n) is 8.93. The largest absolute Gasteiger partial charge is 0.495 e. The van der Waals surface area contributed by atoms with Gasteiger partial charge < -0.3 is 44.3 Å². The zero-order chi connectivity index (χ0) is 38.0. The molecule has 6 aromatic rings. The summed E-state index contributed by atoms with van der Waals surface area (Å²) in [6.07, 6.45) is 3.47. The summed E-state index contributed by atoms with van der Waals surface area (Å²) < 4.78 is 26.3. The molecule has 4 aliphatic heterocycles. The molecule has 0 radical (unpaired) electrons. The highest BCUT2D eigenvalue weighted by molar-refractivity contribution is 6.09. The number of ether oxygens (including phenoxy) is 2. The lowest BCUT2D eigenvalue weighted by Crippen LogP contribution is -2.55. The minimum absolute atomic E-state index is 0.155. The molecule has 13 nitrogen and oxygen atoms in total. The number of fused-ring (bicyclic) bond motifs is 7. The van der Waals surface area contributed by atoms with Gasteiger partial charge in [0, 0.05) is 45.9 Å². The van der Waals surface area contributed by atoms with Gasteiger partial charge in [0.05, 0.1) is 18.8 Å². The van der Waals surface area contributed by atoms with Crippen LogP contribution >= 0.6 is 0 Å². The van der Waals surface area contributed by atoms with Gasteiger partial charge in [0.1, 0.15) is 34.6 Å². The van der Waals surface area contributed by atoms with Crippen molar-refractivity contribution in [2.75, 3.05) is 12.4 Å². The van der Waals surface area contributed by atoms with Crippen molar-refractivity contribution in [2.45, 2.75) is 76.3 Å². The number of carbonyl (C=O) groups excluding carboxylic acids is 2. The number of H-pyrrole nitrogens is 1. The van der Waals surface area contributed by atoms with Crippen LogP contribution in [-0.4, -0.2) is 56.9 Å². The van der Waals surface area contributed by atoms with Gasteiger partial charge in [-0.1, -0.05) is 58.0 Å². The Morgan fingerprint density at radius 3 is 2.69 bits per heavy atom. The molecule has 10 rings (SSSR count).